The number of nitrogens with one attached hydrogen (secondary N) is 4. The van der Waals surface area contributed by atoms with Gasteiger partial charge in [-0.1, -0.05) is 18.2 Å². The second-order valence-electron chi connectivity index (χ2n) is 11.3. The average molecular weight is 683 g/mol. The molecule has 1 aliphatic heterocycles. The van der Waals surface area contributed by atoms with Gasteiger partial charge in [0.15, 0.2) is 0 Å². The number of carbonyl (C=O) groups excluding carboxylic acids is 1. The molecule has 1 saturated heterocycles. The van der Waals surface area contributed by atoms with Crippen LogP contribution in [0.15, 0.2) is 85.1 Å². The van der Waals surface area contributed by atoms with Crippen LogP contribution in [0.3, 0.4) is 0 Å². The van der Waals surface area contributed by atoms with Crippen LogP contribution in [-0.4, -0.2) is 58.4 Å². The minimum atomic E-state index is -3.68. The molecule has 0 saturated carbocycles. The number of benzene rings is 3. The molecule has 5 rings (SSSR count). The molecule has 12 nitrogen and oxygen atoms in total. The predicted molar refractivity (Wildman–Crippen MR) is 180 cm³/mol. The van der Waals surface area contributed by atoms with Crippen molar-refractivity contribution in [2.45, 2.75) is 25.3 Å². The Labute approximate surface area is 273 Å². The number of rotatable bonds is 11. The molecule has 1 fully saturated rings. The zero-order chi connectivity index (χ0) is 33.6. The van der Waals surface area contributed by atoms with Crippen LogP contribution in [0.2, 0.25) is 0 Å². The quantitative estimate of drug-likeness (QED) is 0.155. The standard InChI is InChI=1S/C32H35FN6O6S2/c1-46(41,42)37-26-8-11-28(12-9-26)45-31-14-3-22(20-34-31)21-39-17-15-24(16-18-39)23-4-6-25(7-5-23)35-32(40)36-27-10-13-29(33)30(19-27)38-47(2,43)44/h3-14,19-20,24,37-38H,15-18,21H2,1-2H3,(H2,35,36,40). The summed E-state index contributed by atoms with van der Waals surface area (Å²) in [7, 11) is -7.03. The number of aromatic nitrogens is 1. The van der Waals surface area contributed by atoms with Crippen LogP contribution >= 0.6 is 0 Å². The lowest BCUT2D eigenvalue weighted by molar-refractivity contribution is 0.204. The number of amides is 2. The highest BCUT2D eigenvalue weighted by Gasteiger charge is 2.21. The average Bonchev–Trinajstić information content (AvgIpc) is 3.00. The zero-order valence-corrected chi connectivity index (χ0v) is 27.4. The summed E-state index contributed by atoms with van der Waals surface area (Å²) in [4.78, 5) is 19.3. The first-order chi connectivity index (χ1) is 22.3. The minimum Gasteiger partial charge on any atom is -0.439 e. The molecule has 1 aliphatic rings. The first kappa shape index (κ1) is 33.6. The monoisotopic (exact) mass is 682 g/mol. The van der Waals surface area contributed by atoms with Crippen molar-refractivity contribution in [3.05, 3.63) is 102 Å². The Bertz CT molecular complexity index is 1920. The normalized spacial score (nSPS) is 14.3. The van der Waals surface area contributed by atoms with Gasteiger partial charge in [0, 0.05) is 35.9 Å². The van der Waals surface area contributed by atoms with Crippen molar-refractivity contribution in [2.75, 3.05) is 45.7 Å². The number of carbonyl (C=O) groups is 1. The molecule has 4 aromatic rings. The van der Waals surface area contributed by atoms with Gasteiger partial charge in [-0.25, -0.2) is 31.0 Å². The van der Waals surface area contributed by atoms with E-state index in [-0.39, 0.29) is 11.4 Å². The second-order valence-corrected chi connectivity index (χ2v) is 14.8. The van der Waals surface area contributed by atoms with Crippen molar-refractivity contribution in [1.29, 1.82) is 0 Å². The lowest BCUT2D eigenvalue weighted by Gasteiger charge is -2.32. The topological polar surface area (TPSA) is 159 Å². The SMILES string of the molecule is CS(=O)(=O)Nc1ccc(Oc2ccc(CN3CCC(c4ccc(NC(=O)Nc5ccc(F)c(NS(C)(=O)=O)c5)cc4)CC3)cn2)cc1. The zero-order valence-electron chi connectivity index (χ0n) is 25.7. The number of nitrogens with zero attached hydrogens (tertiary/aromatic N) is 2. The number of likely N-dealkylation sites (tertiary alicyclic amines) is 1. The Morgan fingerprint density at radius 2 is 1.45 bits per heavy atom. The predicted octanol–water partition coefficient (Wildman–Crippen LogP) is 5.78. The van der Waals surface area contributed by atoms with E-state index in [2.05, 4.69) is 30.0 Å². The summed E-state index contributed by atoms with van der Waals surface area (Å²) in [5.41, 5.74) is 3.27. The van der Waals surface area contributed by atoms with Crippen LogP contribution in [0, 0.1) is 5.82 Å². The Morgan fingerprint density at radius 3 is 2.06 bits per heavy atom. The maximum Gasteiger partial charge on any atom is 0.323 e. The van der Waals surface area contributed by atoms with Gasteiger partial charge >= 0.3 is 6.03 Å². The maximum absolute atomic E-state index is 13.9. The molecule has 2 amide bonds. The molecular formula is C32H35FN6O6S2. The largest absolute Gasteiger partial charge is 0.439 e. The molecule has 0 atom stereocenters. The van der Waals surface area contributed by atoms with Crippen LogP contribution in [0.25, 0.3) is 0 Å². The first-order valence-corrected chi connectivity index (χ1v) is 18.4. The Kier molecular flexibility index (Phi) is 10.3. The van der Waals surface area contributed by atoms with Crippen molar-refractivity contribution >= 4 is 48.8 Å². The molecule has 0 radical (unpaired) electrons. The van der Waals surface area contributed by atoms with Crippen LogP contribution in [-0.2, 0) is 26.6 Å². The van der Waals surface area contributed by atoms with E-state index >= 15 is 0 Å². The molecule has 248 valence electrons. The van der Waals surface area contributed by atoms with E-state index < -0.39 is 31.9 Å². The molecule has 1 aromatic heterocycles. The first-order valence-electron chi connectivity index (χ1n) is 14.7. The number of urea groups is 1. The number of hydrogen-bond donors (Lipinski definition) is 4. The summed E-state index contributed by atoms with van der Waals surface area (Å²) in [6.07, 6.45) is 5.78. The summed E-state index contributed by atoms with van der Waals surface area (Å²) in [5, 5.41) is 5.32. The van der Waals surface area contributed by atoms with E-state index in [0.29, 0.717) is 28.9 Å². The summed E-state index contributed by atoms with van der Waals surface area (Å²) >= 11 is 0. The van der Waals surface area contributed by atoms with E-state index in [0.717, 1.165) is 56.6 Å². The van der Waals surface area contributed by atoms with Gasteiger partial charge in [0.05, 0.1) is 18.2 Å². The Balaban J connectivity index is 1.06. The van der Waals surface area contributed by atoms with Gasteiger partial charge in [0.1, 0.15) is 11.6 Å². The van der Waals surface area contributed by atoms with Crippen LogP contribution in [0.4, 0.5) is 31.9 Å². The van der Waals surface area contributed by atoms with Crippen LogP contribution < -0.4 is 24.8 Å². The van der Waals surface area contributed by atoms with Crippen molar-refractivity contribution < 1.29 is 30.8 Å². The molecule has 0 aliphatic carbocycles. The molecule has 0 unspecified atom stereocenters. The third-order valence-electron chi connectivity index (χ3n) is 7.33. The van der Waals surface area contributed by atoms with Crippen molar-refractivity contribution in [3.63, 3.8) is 0 Å². The number of piperidine rings is 1. The molecular weight excluding hydrogens is 648 g/mol. The third-order valence-corrected chi connectivity index (χ3v) is 8.53. The van der Waals surface area contributed by atoms with Gasteiger partial charge < -0.3 is 15.4 Å². The lowest BCUT2D eigenvalue weighted by atomic mass is 9.89. The van der Waals surface area contributed by atoms with E-state index in [1.54, 1.807) is 30.5 Å². The fraction of sp³-hybridized carbons (Fsp3) is 0.250. The van der Waals surface area contributed by atoms with E-state index in [1.165, 1.54) is 17.7 Å². The molecule has 0 spiro atoms. The summed E-state index contributed by atoms with van der Waals surface area (Å²) < 4.78 is 69.8. The van der Waals surface area contributed by atoms with Gasteiger partial charge in [-0.15, -0.1) is 0 Å². The van der Waals surface area contributed by atoms with Gasteiger partial charge in [-0.3, -0.25) is 14.3 Å². The molecule has 2 heterocycles. The van der Waals surface area contributed by atoms with Crippen molar-refractivity contribution in [3.8, 4) is 11.6 Å². The highest BCUT2D eigenvalue weighted by atomic mass is 32.2. The van der Waals surface area contributed by atoms with E-state index in [1.807, 2.05) is 36.4 Å². The fourth-order valence-electron chi connectivity index (χ4n) is 5.19. The molecule has 0 bridgehead atoms. The van der Waals surface area contributed by atoms with Crippen molar-refractivity contribution in [1.82, 2.24) is 9.88 Å². The molecule has 3 aromatic carbocycles. The Morgan fingerprint density at radius 1 is 0.830 bits per heavy atom. The van der Waals surface area contributed by atoms with Gasteiger partial charge in [0.2, 0.25) is 25.9 Å². The number of hydrogen-bond acceptors (Lipinski definition) is 8. The number of ether oxygens (including phenoxy) is 1. The lowest BCUT2D eigenvalue weighted by Crippen LogP contribution is -2.32. The number of halogens is 1. The highest BCUT2D eigenvalue weighted by molar-refractivity contribution is 7.92. The Hall–Kier alpha value is -4.73. The summed E-state index contributed by atoms with van der Waals surface area (Å²) in [5.74, 6) is 0.622. The molecule has 15 heteroatoms. The fourth-order valence-corrected chi connectivity index (χ4v) is 6.31. The summed E-state index contributed by atoms with van der Waals surface area (Å²) in [6, 6.07) is 21.1. The van der Waals surface area contributed by atoms with E-state index in [4.69, 9.17) is 4.74 Å². The molecule has 47 heavy (non-hydrogen) atoms. The number of pyridine rings is 1. The van der Waals surface area contributed by atoms with Crippen LogP contribution in [0.5, 0.6) is 11.6 Å². The number of anilines is 4. The third kappa shape index (κ3) is 10.4. The maximum atomic E-state index is 13.9. The second kappa shape index (κ2) is 14.4. The highest BCUT2D eigenvalue weighted by Crippen LogP contribution is 2.30. The minimum absolute atomic E-state index is 0.229. The van der Waals surface area contributed by atoms with Gasteiger partial charge in [-0.05, 0) is 97.6 Å². The van der Waals surface area contributed by atoms with E-state index in [9.17, 15) is 26.0 Å². The van der Waals surface area contributed by atoms with Crippen molar-refractivity contribution in [2.24, 2.45) is 0 Å². The number of sulfonamides is 2. The van der Waals surface area contributed by atoms with Crippen LogP contribution in [0.1, 0.15) is 29.9 Å². The van der Waals surface area contributed by atoms with Gasteiger partial charge in [0.25, 0.3) is 0 Å². The van der Waals surface area contributed by atoms with Gasteiger partial charge in [-0.2, -0.15) is 0 Å². The molecule has 4 N–H and O–H groups in total. The summed E-state index contributed by atoms with van der Waals surface area (Å²) in [6.45, 7) is 2.61. The smallest absolute Gasteiger partial charge is 0.323 e.